The van der Waals surface area contributed by atoms with E-state index in [0.717, 1.165) is 19.6 Å². The van der Waals surface area contributed by atoms with E-state index in [1.54, 1.807) is 19.3 Å². The maximum atomic E-state index is 13.6. The van der Waals surface area contributed by atoms with Crippen LogP contribution in [0.25, 0.3) is 0 Å². The number of hydrogen-bond acceptors (Lipinski definition) is 3. The van der Waals surface area contributed by atoms with Gasteiger partial charge in [-0.25, -0.2) is 4.39 Å². The lowest BCUT2D eigenvalue weighted by atomic mass is 10.2. The highest BCUT2D eigenvalue weighted by molar-refractivity contribution is 5.79. The number of nitrogens with one attached hydrogen (secondary N) is 2. The minimum atomic E-state index is -0.318. The third kappa shape index (κ3) is 5.74. The Balaban J connectivity index is 1.83. The molecule has 0 aliphatic carbocycles. The summed E-state index contributed by atoms with van der Waals surface area (Å²) < 4.78 is 13.6. The Labute approximate surface area is 149 Å². The van der Waals surface area contributed by atoms with Crippen LogP contribution >= 0.6 is 0 Å². The zero-order valence-corrected chi connectivity index (χ0v) is 15.1. The molecule has 1 aromatic heterocycles. The molecule has 0 atom stereocenters. The predicted octanol–water partition coefficient (Wildman–Crippen LogP) is 2.72. The van der Waals surface area contributed by atoms with E-state index in [1.807, 2.05) is 0 Å². The van der Waals surface area contributed by atoms with Crippen molar-refractivity contribution in [3.63, 3.8) is 0 Å². The molecule has 0 spiro atoms. The molecule has 6 heteroatoms. The van der Waals surface area contributed by atoms with E-state index >= 15 is 0 Å². The van der Waals surface area contributed by atoms with E-state index in [4.69, 9.17) is 0 Å². The normalized spacial score (nSPS) is 11.3. The molecule has 0 amide bonds. The highest BCUT2D eigenvalue weighted by Crippen LogP contribution is 2.14. The number of anilines is 1. The lowest BCUT2D eigenvalue weighted by molar-refractivity contribution is 0.592. The second-order valence-corrected chi connectivity index (χ2v) is 5.70. The van der Waals surface area contributed by atoms with Gasteiger partial charge in [-0.15, -0.1) is 0 Å². The van der Waals surface area contributed by atoms with Gasteiger partial charge in [0.25, 0.3) is 0 Å². The van der Waals surface area contributed by atoms with Crippen LogP contribution in [0.15, 0.2) is 47.6 Å². The van der Waals surface area contributed by atoms with Crippen LogP contribution in [0.3, 0.4) is 0 Å². The Morgan fingerprint density at radius 1 is 1.24 bits per heavy atom. The van der Waals surface area contributed by atoms with E-state index in [0.29, 0.717) is 18.2 Å². The molecular formula is C19H26FN5. The minimum absolute atomic E-state index is 0.293. The lowest BCUT2D eigenvalue weighted by Crippen LogP contribution is -2.41. The molecule has 25 heavy (non-hydrogen) atoms. The molecule has 0 radical (unpaired) electrons. The van der Waals surface area contributed by atoms with Gasteiger partial charge in [-0.2, -0.15) is 0 Å². The van der Waals surface area contributed by atoms with Crippen molar-refractivity contribution in [2.45, 2.75) is 20.4 Å². The molecule has 0 aliphatic rings. The summed E-state index contributed by atoms with van der Waals surface area (Å²) in [6.45, 7) is 7.03. The third-order valence-corrected chi connectivity index (χ3v) is 3.90. The zero-order valence-electron chi connectivity index (χ0n) is 15.1. The van der Waals surface area contributed by atoms with Gasteiger partial charge in [0.2, 0.25) is 0 Å². The summed E-state index contributed by atoms with van der Waals surface area (Å²) in [6.07, 6.45) is 1.58. The van der Waals surface area contributed by atoms with Gasteiger partial charge in [-0.1, -0.05) is 12.1 Å². The van der Waals surface area contributed by atoms with Crippen molar-refractivity contribution in [1.82, 2.24) is 15.6 Å². The molecule has 0 fully saturated rings. The Morgan fingerprint density at radius 3 is 2.76 bits per heavy atom. The van der Waals surface area contributed by atoms with Gasteiger partial charge < -0.3 is 15.5 Å². The standard InChI is InChI=1S/C19H26FN5/c1-4-25(16-8-5-7-15(2)13-16)12-11-23-19(21-3)24-14-18-17(20)9-6-10-22-18/h5-10,13H,4,11-12,14H2,1-3H3,(H2,21,23,24). The van der Waals surface area contributed by atoms with E-state index in [2.05, 4.69) is 63.6 Å². The summed E-state index contributed by atoms with van der Waals surface area (Å²) in [7, 11) is 1.70. The number of aryl methyl sites for hydroxylation is 1. The third-order valence-electron chi connectivity index (χ3n) is 3.90. The summed E-state index contributed by atoms with van der Waals surface area (Å²) in [6, 6.07) is 11.5. The molecule has 1 heterocycles. The van der Waals surface area contributed by atoms with Crippen LogP contribution in [0.5, 0.6) is 0 Å². The van der Waals surface area contributed by atoms with Gasteiger partial charge in [0.1, 0.15) is 5.82 Å². The molecular weight excluding hydrogens is 317 g/mol. The van der Waals surface area contributed by atoms with Crippen LogP contribution in [0.4, 0.5) is 10.1 Å². The van der Waals surface area contributed by atoms with Crippen LogP contribution in [-0.2, 0) is 6.54 Å². The molecule has 0 saturated carbocycles. The Kier molecular flexibility index (Phi) is 7.19. The van der Waals surface area contributed by atoms with Gasteiger partial charge in [0, 0.05) is 38.6 Å². The fourth-order valence-corrected chi connectivity index (χ4v) is 2.54. The van der Waals surface area contributed by atoms with Crippen molar-refractivity contribution in [1.29, 1.82) is 0 Å². The maximum Gasteiger partial charge on any atom is 0.191 e. The molecule has 0 saturated heterocycles. The first-order valence-corrected chi connectivity index (χ1v) is 8.49. The van der Waals surface area contributed by atoms with Gasteiger partial charge in [-0.3, -0.25) is 9.98 Å². The lowest BCUT2D eigenvalue weighted by Gasteiger charge is -2.24. The quantitative estimate of drug-likeness (QED) is 0.600. The number of pyridine rings is 1. The van der Waals surface area contributed by atoms with Crippen molar-refractivity contribution in [3.05, 3.63) is 59.7 Å². The van der Waals surface area contributed by atoms with Crippen molar-refractivity contribution >= 4 is 11.6 Å². The topological polar surface area (TPSA) is 52.5 Å². The average molecular weight is 343 g/mol. The van der Waals surface area contributed by atoms with Crippen molar-refractivity contribution in [3.8, 4) is 0 Å². The van der Waals surface area contributed by atoms with Gasteiger partial charge in [-0.05, 0) is 43.7 Å². The molecule has 5 nitrogen and oxygen atoms in total. The van der Waals surface area contributed by atoms with Crippen LogP contribution in [-0.4, -0.2) is 37.6 Å². The summed E-state index contributed by atoms with van der Waals surface area (Å²) in [5, 5.41) is 6.34. The monoisotopic (exact) mass is 343 g/mol. The SMILES string of the molecule is CCN(CCNC(=NC)NCc1ncccc1F)c1cccc(C)c1. The summed E-state index contributed by atoms with van der Waals surface area (Å²) in [5.74, 6) is 0.312. The number of aromatic nitrogens is 1. The number of hydrogen-bond donors (Lipinski definition) is 2. The minimum Gasteiger partial charge on any atom is -0.370 e. The number of benzene rings is 1. The van der Waals surface area contributed by atoms with Crippen LogP contribution in [0.1, 0.15) is 18.2 Å². The fourth-order valence-electron chi connectivity index (χ4n) is 2.54. The molecule has 134 valence electrons. The number of rotatable bonds is 7. The van der Waals surface area contributed by atoms with E-state index in [1.165, 1.54) is 17.3 Å². The maximum absolute atomic E-state index is 13.6. The highest BCUT2D eigenvalue weighted by Gasteiger charge is 2.06. The van der Waals surface area contributed by atoms with Gasteiger partial charge in [0.05, 0.1) is 12.2 Å². The number of halogens is 1. The second-order valence-electron chi connectivity index (χ2n) is 5.70. The van der Waals surface area contributed by atoms with Crippen LogP contribution in [0.2, 0.25) is 0 Å². The Hall–Kier alpha value is -2.63. The fraction of sp³-hybridized carbons (Fsp3) is 0.368. The van der Waals surface area contributed by atoms with Crippen LogP contribution in [0, 0.1) is 12.7 Å². The molecule has 2 rings (SSSR count). The molecule has 0 unspecified atom stereocenters. The Bertz CT molecular complexity index is 702. The summed E-state index contributed by atoms with van der Waals surface area (Å²) in [4.78, 5) is 10.5. The summed E-state index contributed by atoms with van der Waals surface area (Å²) >= 11 is 0. The first kappa shape index (κ1) is 18.7. The highest BCUT2D eigenvalue weighted by atomic mass is 19.1. The second kappa shape index (κ2) is 9.61. The van der Waals surface area contributed by atoms with E-state index in [9.17, 15) is 4.39 Å². The van der Waals surface area contributed by atoms with Gasteiger partial charge in [0.15, 0.2) is 5.96 Å². The van der Waals surface area contributed by atoms with Crippen molar-refractivity contribution in [2.75, 3.05) is 31.6 Å². The molecule has 0 aliphatic heterocycles. The van der Waals surface area contributed by atoms with E-state index < -0.39 is 0 Å². The smallest absolute Gasteiger partial charge is 0.191 e. The molecule has 2 N–H and O–H groups in total. The Morgan fingerprint density at radius 2 is 2.08 bits per heavy atom. The first-order valence-electron chi connectivity index (χ1n) is 8.49. The molecule has 2 aromatic rings. The summed E-state index contributed by atoms with van der Waals surface area (Å²) in [5.41, 5.74) is 2.84. The van der Waals surface area contributed by atoms with E-state index in [-0.39, 0.29) is 5.82 Å². The van der Waals surface area contributed by atoms with Crippen molar-refractivity contribution in [2.24, 2.45) is 4.99 Å². The number of likely N-dealkylation sites (N-methyl/N-ethyl adjacent to an activating group) is 1. The van der Waals surface area contributed by atoms with Crippen molar-refractivity contribution < 1.29 is 4.39 Å². The number of aliphatic imine (C=N–C) groups is 1. The van der Waals surface area contributed by atoms with Gasteiger partial charge >= 0.3 is 0 Å². The first-order chi connectivity index (χ1) is 12.1. The largest absolute Gasteiger partial charge is 0.370 e. The zero-order chi connectivity index (χ0) is 18.1. The average Bonchev–Trinajstić information content (AvgIpc) is 2.62. The molecule has 1 aromatic carbocycles. The number of guanidine groups is 1. The van der Waals surface area contributed by atoms with Crippen LogP contribution < -0.4 is 15.5 Å². The number of nitrogens with zero attached hydrogens (tertiary/aromatic N) is 3. The molecule has 0 bridgehead atoms. The predicted molar refractivity (Wildman–Crippen MR) is 101 cm³/mol.